The minimum Gasteiger partial charge on any atom is -0.299 e. The number of ketones is 2. The van der Waals surface area contributed by atoms with Gasteiger partial charge in [0.1, 0.15) is 11.6 Å². The van der Waals surface area contributed by atoms with E-state index in [1.165, 1.54) is 5.57 Å². The number of carbonyl (C=O) groups is 2. The number of hydrogen-bond donors (Lipinski definition) is 0. The molecule has 0 bridgehead atoms. The number of hydrogen-bond acceptors (Lipinski definition) is 2. The average Bonchev–Trinajstić information content (AvgIpc) is 2.76. The molecule has 0 N–H and O–H groups in total. The van der Waals surface area contributed by atoms with Crippen molar-refractivity contribution in [3.05, 3.63) is 22.8 Å². The van der Waals surface area contributed by atoms with E-state index in [-0.39, 0.29) is 10.8 Å². The van der Waals surface area contributed by atoms with Crippen LogP contribution in [0, 0.1) is 16.7 Å². The third-order valence-electron chi connectivity index (χ3n) is 7.00. The average molecular weight is 284 g/mol. The lowest BCUT2D eigenvalue weighted by atomic mass is 9.55. The zero-order valence-electron chi connectivity index (χ0n) is 13.1. The Morgan fingerprint density at radius 2 is 1.90 bits per heavy atom. The second-order valence-corrected chi connectivity index (χ2v) is 7.92. The van der Waals surface area contributed by atoms with E-state index in [1.54, 1.807) is 11.1 Å². The molecule has 2 fully saturated rings. The van der Waals surface area contributed by atoms with E-state index in [1.807, 2.05) is 0 Å². The van der Waals surface area contributed by atoms with Crippen LogP contribution in [0.1, 0.15) is 65.2 Å². The number of fused-ring (bicyclic) bond motifs is 4. The van der Waals surface area contributed by atoms with Gasteiger partial charge in [0.05, 0.1) is 0 Å². The van der Waals surface area contributed by atoms with E-state index in [4.69, 9.17) is 0 Å². The van der Waals surface area contributed by atoms with Crippen molar-refractivity contribution in [2.24, 2.45) is 16.7 Å². The van der Waals surface area contributed by atoms with Gasteiger partial charge in [-0.05, 0) is 38.0 Å². The van der Waals surface area contributed by atoms with Crippen LogP contribution in [0.3, 0.4) is 0 Å². The van der Waals surface area contributed by atoms with Crippen LogP contribution in [-0.2, 0) is 9.59 Å². The van der Waals surface area contributed by atoms with Gasteiger partial charge in [0.15, 0.2) is 0 Å². The Morgan fingerprint density at radius 3 is 2.71 bits per heavy atom. The lowest BCUT2D eigenvalue weighted by Crippen LogP contribution is -2.40. The van der Waals surface area contributed by atoms with Gasteiger partial charge < -0.3 is 0 Å². The standard InChI is InChI=1S/C19H24O2/c1-18-9-7-13(20)11-12(18)3-4-14-15-5-6-17(21)19(15,2)10-8-16(14)18/h3,15H,4-11H2,1-2H3/t15-,18-,19-/m0/s1. The number of Topliss-reactive ketones (excluding diaryl/α,β-unsaturated/α-hetero) is 2. The third-order valence-corrected chi connectivity index (χ3v) is 7.00. The summed E-state index contributed by atoms with van der Waals surface area (Å²) in [5, 5.41) is 0. The molecule has 0 unspecified atom stereocenters. The van der Waals surface area contributed by atoms with Crippen molar-refractivity contribution in [1.82, 2.24) is 0 Å². The molecule has 0 spiro atoms. The molecule has 4 rings (SSSR count). The molecule has 0 aromatic rings. The third kappa shape index (κ3) is 1.65. The van der Waals surface area contributed by atoms with Crippen molar-refractivity contribution in [2.75, 3.05) is 0 Å². The highest BCUT2D eigenvalue weighted by Crippen LogP contribution is 2.60. The van der Waals surface area contributed by atoms with Crippen LogP contribution in [0.5, 0.6) is 0 Å². The minimum absolute atomic E-state index is 0.0922. The molecule has 4 aliphatic carbocycles. The lowest BCUT2D eigenvalue weighted by Gasteiger charge is -2.49. The van der Waals surface area contributed by atoms with Gasteiger partial charge >= 0.3 is 0 Å². The van der Waals surface area contributed by atoms with E-state index in [9.17, 15) is 9.59 Å². The Morgan fingerprint density at radius 1 is 1.10 bits per heavy atom. The van der Waals surface area contributed by atoms with Crippen LogP contribution < -0.4 is 0 Å². The monoisotopic (exact) mass is 284 g/mol. The van der Waals surface area contributed by atoms with E-state index < -0.39 is 0 Å². The molecule has 0 saturated heterocycles. The highest BCUT2D eigenvalue weighted by atomic mass is 16.1. The summed E-state index contributed by atoms with van der Waals surface area (Å²) in [5.41, 5.74) is 4.56. The van der Waals surface area contributed by atoms with E-state index >= 15 is 0 Å². The van der Waals surface area contributed by atoms with Crippen LogP contribution in [0.25, 0.3) is 0 Å². The van der Waals surface area contributed by atoms with Gasteiger partial charge in [-0.2, -0.15) is 0 Å². The fraction of sp³-hybridized carbons (Fsp3) is 0.684. The van der Waals surface area contributed by atoms with Crippen molar-refractivity contribution in [3.63, 3.8) is 0 Å². The normalized spacial score (nSPS) is 42.4. The van der Waals surface area contributed by atoms with Gasteiger partial charge in [0, 0.05) is 30.1 Å². The second kappa shape index (κ2) is 4.18. The SMILES string of the molecule is C[C@]12CCC(=O)CC1=CCC1=C2CC[C@]2(C)C(=O)CC[C@@H]12. The Kier molecular flexibility index (Phi) is 2.68. The molecule has 4 aliphatic rings. The van der Waals surface area contributed by atoms with E-state index in [2.05, 4.69) is 19.9 Å². The Labute approximate surface area is 126 Å². The second-order valence-electron chi connectivity index (χ2n) is 7.92. The zero-order valence-corrected chi connectivity index (χ0v) is 13.1. The maximum absolute atomic E-state index is 12.3. The minimum atomic E-state index is -0.0922. The van der Waals surface area contributed by atoms with E-state index in [0.29, 0.717) is 23.9 Å². The smallest absolute Gasteiger partial charge is 0.139 e. The Balaban J connectivity index is 1.78. The zero-order chi connectivity index (χ0) is 14.8. The summed E-state index contributed by atoms with van der Waals surface area (Å²) in [7, 11) is 0. The molecule has 0 aromatic heterocycles. The fourth-order valence-corrected chi connectivity index (χ4v) is 5.52. The van der Waals surface area contributed by atoms with Crippen molar-refractivity contribution in [1.29, 1.82) is 0 Å². The van der Waals surface area contributed by atoms with Crippen LogP contribution >= 0.6 is 0 Å². The van der Waals surface area contributed by atoms with Crippen molar-refractivity contribution >= 4 is 11.6 Å². The number of allylic oxidation sites excluding steroid dienone is 4. The summed E-state index contributed by atoms with van der Waals surface area (Å²) in [6, 6.07) is 0. The summed E-state index contributed by atoms with van der Waals surface area (Å²) < 4.78 is 0. The molecule has 21 heavy (non-hydrogen) atoms. The highest BCUT2D eigenvalue weighted by Gasteiger charge is 2.53. The molecule has 3 atom stereocenters. The van der Waals surface area contributed by atoms with Gasteiger partial charge in [0.25, 0.3) is 0 Å². The molecular weight excluding hydrogens is 260 g/mol. The largest absolute Gasteiger partial charge is 0.299 e. The summed E-state index contributed by atoms with van der Waals surface area (Å²) in [6.45, 7) is 4.54. The molecule has 112 valence electrons. The molecule has 0 aliphatic heterocycles. The quantitative estimate of drug-likeness (QED) is 0.626. The Bertz CT molecular complexity index is 609. The van der Waals surface area contributed by atoms with Gasteiger partial charge in [-0.15, -0.1) is 0 Å². The first-order valence-corrected chi connectivity index (χ1v) is 8.42. The predicted octanol–water partition coefficient (Wildman–Crippen LogP) is 4.15. The van der Waals surface area contributed by atoms with Crippen molar-refractivity contribution in [3.8, 4) is 0 Å². The first kappa shape index (κ1) is 13.5. The van der Waals surface area contributed by atoms with Crippen molar-refractivity contribution in [2.45, 2.75) is 65.2 Å². The van der Waals surface area contributed by atoms with Crippen molar-refractivity contribution < 1.29 is 9.59 Å². The molecule has 0 radical (unpaired) electrons. The van der Waals surface area contributed by atoms with Crippen LogP contribution in [0.2, 0.25) is 0 Å². The highest BCUT2D eigenvalue weighted by molar-refractivity contribution is 5.88. The van der Waals surface area contributed by atoms with Gasteiger partial charge in [-0.3, -0.25) is 9.59 Å². The molecule has 0 aromatic carbocycles. The molecular formula is C19H24O2. The molecule has 2 saturated carbocycles. The van der Waals surface area contributed by atoms with E-state index in [0.717, 1.165) is 44.9 Å². The van der Waals surface area contributed by atoms with Crippen LogP contribution in [0.15, 0.2) is 22.8 Å². The lowest BCUT2D eigenvalue weighted by molar-refractivity contribution is -0.126. The summed E-state index contributed by atoms with van der Waals surface area (Å²) in [6.07, 6.45) is 9.58. The molecule has 0 heterocycles. The Hall–Kier alpha value is -1.18. The van der Waals surface area contributed by atoms with Crippen LogP contribution in [0.4, 0.5) is 0 Å². The maximum Gasteiger partial charge on any atom is 0.139 e. The number of rotatable bonds is 0. The molecule has 2 nitrogen and oxygen atoms in total. The van der Waals surface area contributed by atoms with Crippen LogP contribution in [-0.4, -0.2) is 11.6 Å². The van der Waals surface area contributed by atoms with Gasteiger partial charge in [0.2, 0.25) is 0 Å². The topological polar surface area (TPSA) is 34.1 Å². The van der Waals surface area contributed by atoms with Gasteiger partial charge in [-0.25, -0.2) is 0 Å². The summed E-state index contributed by atoms with van der Waals surface area (Å²) >= 11 is 0. The summed E-state index contributed by atoms with van der Waals surface area (Å²) in [4.78, 5) is 24.1. The van der Waals surface area contributed by atoms with Gasteiger partial charge in [-0.1, -0.05) is 36.6 Å². The first-order valence-electron chi connectivity index (χ1n) is 8.42. The summed E-state index contributed by atoms with van der Waals surface area (Å²) in [5.74, 6) is 1.36. The fourth-order valence-electron chi connectivity index (χ4n) is 5.52. The predicted molar refractivity (Wildman–Crippen MR) is 81.8 cm³/mol. The first-order chi connectivity index (χ1) is 9.95. The number of carbonyl (C=O) groups excluding carboxylic acids is 2. The molecule has 2 heteroatoms. The molecule has 0 amide bonds. The maximum atomic E-state index is 12.3.